The lowest BCUT2D eigenvalue weighted by atomic mass is 9.95. The number of rotatable bonds is 19. The summed E-state index contributed by atoms with van der Waals surface area (Å²) in [6.07, 6.45) is 17.9. The van der Waals surface area contributed by atoms with Crippen LogP contribution in [0.15, 0.2) is 0 Å². The SMILES string of the molecule is CCCCCCCCC(CCCCCCCC)CS(=O)OCc1nnc2c(Cl)c(C)[nH]n12. The Balaban J connectivity index is 1.78. The van der Waals surface area contributed by atoms with E-state index in [4.69, 9.17) is 15.8 Å². The Morgan fingerprint density at radius 1 is 0.938 bits per heavy atom. The lowest BCUT2D eigenvalue weighted by molar-refractivity contribution is 0.316. The van der Waals surface area contributed by atoms with Gasteiger partial charge in [0.1, 0.15) is 11.6 Å². The first-order valence-electron chi connectivity index (χ1n) is 12.7. The molecule has 0 aliphatic carbocycles. The van der Waals surface area contributed by atoms with Gasteiger partial charge in [-0.3, -0.25) is 9.28 Å². The largest absolute Gasteiger partial charge is 0.294 e. The molecule has 6 nitrogen and oxygen atoms in total. The zero-order valence-electron chi connectivity index (χ0n) is 20.3. The zero-order chi connectivity index (χ0) is 23.2. The summed E-state index contributed by atoms with van der Waals surface area (Å²) < 4.78 is 20.1. The quantitative estimate of drug-likeness (QED) is 0.211. The molecule has 0 fully saturated rings. The summed E-state index contributed by atoms with van der Waals surface area (Å²) in [5.41, 5.74) is 1.41. The molecule has 0 saturated carbocycles. The van der Waals surface area contributed by atoms with Gasteiger partial charge in [0, 0.05) is 0 Å². The molecule has 0 radical (unpaired) electrons. The van der Waals surface area contributed by atoms with Crippen molar-refractivity contribution in [2.45, 2.75) is 117 Å². The van der Waals surface area contributed by atoms with Crippen LogP contribution in [0.2, 0.25) is 5.02 Å². The number of aryl methyl sites for hydroxylation is 1. The van der Waals surface area contributed by atoms with Crippen LogP contribution in [0, 0.1) is 12.8 Å². The normalized spacial score (nSPS) is 12.9. The summed E-state index contributed by atoms with van der Waals surface area (Å²) in [5.74, 6) is 1.66. The molecule has 2 rings (SSSR count). The molecule has 0 spiro atoms. The first-order chi connectivity index (χ1) is 15.6. The third-order valence-corrected chi connectivity index (χ3v) is 7.74. The molecule has 8 heteroatoms. The van der Waals surface area contributed by atoms with Crippen molar-refractivity contribution in [1.82, 2.24) is 19.8 Å². The number of aromatic amines is 1. The highest BCUT2D eigenvalue weighted by molar-refractivity contribution is 7.80. The van der Waals surface area contributed by atoms with E-state index in [0.717, 1.165) is 18.5 Å². The van der Waals surface area contributed by atoms with Crippen molar-refractivity contribution in [2.75, 3.05) is 5.75 Å². The molecule has 32 heavy (non-hydrogen) atoms. The molecular weight excluding hydrogens is 444 g/mol. The van der Waals surface area contributed by atoms with Crippen molar-refractivity contribution in [3.05, 3.63) is 16.5 Å². The first kappa shape index (κ1) is 27.3. The van der Waals surface area contributed by atoms with Gasteiger partial charge in [0.05, 0.1) is 11.4 Å². The van der Waals surface area contributed by atoms with Crippen LogP contribution >= 0.6 is 11.6 Å². The number of hydrogen-bond donors (Lipinski definition) is 1. The van der Waals surface area contributed by atoms with Crippen LogP contribution in [0.1, 0.15) is 115 Å². The second-order valence-corrected chi connectivity index (χ2v) is 10.6. The van der Waals surface area contributed by atoms with Gasteiger partial charge in [-0.15, -0.1) is 10.2 Å². The molecule has 0 amide bonds. The minimum atomic E-state index is -1.32. The molecule has 1 unspecified atom stereocenters. The van der Waals surface area contributed by atoms with Crippen molar-refractivity contribution < 1.29 is 8.39 Å². The van der Waals surface area contributed by atoms with Gasteiger partial charge in [0.2, 0.25) is 0 Å². The van der Waals surface area contributed by atoms with E-state index in [1.54, 1.807) is 4.52 Å². The Labute approximate surface area is 201 Å². The third-order valence-electron chi connectivity index (χ3n) is 6.16. The molecule has 0 aliphatic heterocycles. The van der Waals surface area contributed by atoms with Gasteiger partial charge >= 0.3 is 0 Å². The Morgan fingerprint density at radius 3 is 2.09 bits per heavy atom. The van der Waals surface area contributed by atoms with Gasteiger partial charge in [0.25, 0.3) is 0 Å². The topological polar surface area (TPSA) is 72.3 Å². The standard InChI is InChI=1S/C24H43ClN4O2S/c1-4-6-8-10-12-14-16-21(17-15-13-11-9-7-5-2)19-32(30)31-18-22-26-27-24-23(25)20(3)28-29(22)24/h21,28H,4-19H2,1-3H3. The van der Waals surface area contributed by atoms with Crippen LogP contribution in [0.3, 0.4) is 0 Å². The predicted molar refractivity (Wildman–Crippen MR) is 134 cm³/mol. The molecule has 0 bridgehead atoms. The summed E-state index contributed by atoms with van der Waals surface area (Å²) in [5, 5.41) is 11.9. The van der Waals surface area contributed by atoms with Gasteiger partial charge in [-0.05, 0) is 25.7 Å². The number of unbranched alkanes of at least 4 members (excludes halogenated alkanes) is 10. The number of H-pyrrole nitrogens is 1. The Hall–Kier alpha value is -0.920. The molecule has 2 heterocycles. The summed E-state index contributed by atoms with van der Waals surface area (Å²) in [6.45, 7) is 6.55. The summed E-state index contributed by atoms with van der Waals surface area (Å²) in [6, 6.07) is 0. The number of fused-ring (bicyclic) bond motifs is 1. The number of aromatic nitrogens is 4. The van der Waals surface area contributed by atoms with Gasteiger partial charge in [0.15, 0.2) is 22.6 Å². The Morgan fingerprint density at radius 2 is 1.50 bits per heavy atom. The van der Waals surface area contributed by atoms with E-state index in [-0.39, 0.29) is 6.61 Å². The predicted octanol–water partition coefficient (Wildman–Crippen LogP) is 7.32. The van der Waals surface area contributed by atoms with Crippen LogP contribution in [-0.4, -0.2) is 29.8 Å². The highest BCUT2D eigenvalue weighted by atomic mass is 35.5. The van der Waals surface area contributed by atoms with Crippen LogP contribution < -0.4 is 0 Å². The van der Waals surface area contributed by atoms with Crippen LogP contribution in [-0.2, 0) is 21.9 Å². The average molecular weight is 487 g/mol. The molecule has 0 aromatic carbocycles. The molecule has 0 aliphatic rings. The highest BCUT2D eigenvalue weighted by Gasteiger charge is 2.17. The Kier molecular flexibility index (Phi) is 13.5. The number of hydrogen-bond acceptors (Lipinski definition) is 4. The lowest BCUT2D eigenvalue weighted by Crippen LogP contribution is -2.14. The fourth-order valence-corrected chi connectivity index (χ4v) is 5.37. The minimum Gasteiger partial charge on any atom is -0.294 e. The van der Waals surface area contributed by atoms with Crippen molar-refractivity contribution in [3.8, 4) is 0 Å². The van der Waals surface area contributed by atoms with Gasteiger partial charge in [-0.2, -0.15) is 0 Å². The van der Waals surface area contributed by atoms with Crippen molar-refractivity contribution in [3.63, 3.8) is 0 Å². The van der Waals surface area contributed by atoms with Crippen LogP contribution in [0.4, 0.5) is 0 Å². The summed E-state index contributed by atoms with van der Waals surface area (Å²) in [4.78, 5) is 0. The fourth-order valence-electron chi connectivity index (χ4n) is 4.15. The molecule has 184 valence electrons. The van der Waals surface area contributed by atoms with Gasteiger partial charge in [-0.25, -0.2) is 8.72 Å². The van der Waals surface area contributed by atoms with Gasteiger partial charge < -0.3 is 0 Å². The summed E-state index contributed by atoms with van der Waals surface area (Å²) in [7, 11) is 0. The maximum Gasteiger partial charge on any atom is 0.196 e. The van der Waals surface area contributed by atoms with Crippen molar-refractivity contribution >= 4 is 28.3 Å². The van der Waals surface area contributed by atoms with Crippen molar-refractivity contribution in [2.24, 2.45) is 5.92 Å². The van der Waals surface area contributed by atoms with E-state index in [1.807, 2.05) is 6.92 Å². The van der Waals surface area contributed by atoms with E-state index >= 15 is 0 Å². The Bertz CT molecular complexity index is 776. The van der Waals surface area contributed by atoms with E-state index < -0.39 is 11.1 Å². The molecule has 0 saturated heterocycles. The smallest absolute Gasteiger partial charge is 0.196 e. The molecule has 2 aromatic heterocycles. The molecule has 2 aromatic rings. The monoisotopic (exact) mass is 486 g/mol. The molecular formula is C24H43ClN4O2S. The van der Waals surface area contributed by atoms with Crippen molar-refractivity contribution in [1.29, 1.82) is 0 Å². The number of halogens is 1. The van der Waals surface area contributed by atoms with E-state index in [2.05, 4.69) is 29.1 Å². The maximum atomic E-state index is 12.7. The number of nitrogens with one attached hydrogen (secondary N) is 1. The minimum absolute atomic E-state index is 0.158. The zero-order valence-corrected chi connectivity index (χ0v) is 21.9. The lowest BCUT2D eigenvalue weighted by Gasteiger charge is -2.16. The fraction of sp³-hybridized carbons (Fsp3) is 0.833. The highest BCUT2D eigenvalue weighted by Crippen LogP contribution is 2.22. The van der Waals surface area contributed by atoms with E-state index in [9.17, 15) is 4.21 Å². The second-order valence-electron chi connectivity index (χ2n) is 9.04. The maximum absolute atomic E-state index is 12.7. The van der Waals surface area contributed by atoms with E-state index in [1.165, 1.54) is 77.0 Å². The molecule has 1 N–H and O–H groups in total. The van der Waals surface area contributed by atoms with Gasteiger partial charge in [-0.1, -0.05) is 102 Å². The molecule has 1 atom stereocenters. The number of nitrogens with zero attached hydrogens (tertiary/aromatic N) is 3. The van der Waals surface area contributed by atoms with E-state index in [0.29, 0.717) is 28.2 Å². The second kappa shape index (κ2) is 15.8. The third kappa shape index (κ3) is 9.52. The summed E-state index contributed by atoms with van der Waals surface area (Å²) >= 11 is 4.88. The van der Waals surface area contributed by atoms with Crippen LogP contribution in [0.25, 0.3) is 5.65 Å². The van der Waals surface area contributed by atoms with Crippen LogP contribution in [0.5, 0.6) is 0 Å². The first-order valence-corrected chi connectivity index (χ1v) is 14.3. The average Bonchev–Trinajstić information content (AvgIpc) is 3.30.